The minimum Gasteiger partial charge on any atom is -0.273 e. The van der Waals surface area contributed by atoms with Crippen LogP contribution in [-0.2, 0) is 21.0 Å². The van der Waals surface area contributed by atoms with E-state index in [4.69, 9.17) is 0 Å². The highest BCUT2D eigenvalue weighted by Gasteiger charge is 2.39. The molecule has 170 valence electrons. The molecule has 2 aromatic rings. The van der Waals surface area contributed by atoms with E-state index >= 15 is 0 Å². The zero-order chi connectivity index (χ0) is 23.1. The Bertz CT molecular complexity index is 1130. The minimum atomic E-state index is -4.46. The molecular formula is C21H19F3N2O4S2. The van der Waals surface area contributed by atoms with E-state index in [1.54, 1.807) is 0 Å². The van der Waals surface area contributed by atoms with Gasteiger partial charge in [0.05, 0.1) is 16.2 Å². The van der Waals surface area contributed by atoms with Crippen LogP contribution in [0.1, 0.15) is 18.4 Å². The molecule has 0 radical (unpaired) electrons. The number of nitrogens with zero attached hydrogens (tertiary/aromatic N) is 2. The Morgan fingerprint density at radius 3 is 2.16 bits per heavy atom. The zero-order valence-electron chi connectivity index (χ0n) is 16.7. The van der Waals surface area contributed by atoms with Crippen LogP contribution in [0.2, 0.25) is 0 Å². The van der Waals surface area contributed by atoms with Crippen LogP contribution in [0, 0.1) is 0 Å². The molecule has 2 aliphatic rings. The summed E-state index contributed by atoms with van der Waals surface area (Å²) < 4.78 is 66.2. The van der Waals surface area contributed by atoms with Crippen LogP contribution in [0.3, 0.4) is 0 Å². The number of sulfonamides is 1. The molecule has 2 heterocycles. The average molecular weight is 485 g/mol. The first-order valence-corrected chi connectivity index (χ1v) is 12.3. The van der Waals surface area contributed by atoms with Gasteiger partial charge in [-0.2, -0.15) is 17.5 Å². The number of hydrogen-bond donors (Lipinski definition) is 0. The summed E-state index contributed by atoms with van der Waals surface area (Å²) in [6, 6.07) is 10.2. The van der Waals surface area contributed by atoms with Crippen molar-refractivity contribution in [2.45, 2.75) is 30.0 Å². The van der Waals surface area contributed by atoms with Crippen LogP contribution in [0.4, 0.5) is 18.0 Å². The highest BCUT2D eigenvalue weighted by atomic mass is 32.2. The number of alkyl halides is 3. The van der Waals surface area contributed by atoms with Crippen molar-refractivity contribution in [3.05, 3.63) is 54.1 Å². The third-order valence-electron chi connectivity index (χ3n) is 5.59. The molecule has 0 aliphatic carbocycles. The van der Waals surface area contributed by atoms with Crippen LogP contribution in [0.25, 0.3) is 11.1 Å². The quantitative estimate of drug-likeness (QED) is 0.650. The predicted octanol–water partition coefficient (Wildman–Crippen LogP) is 4.22. The molecule has 0 N–H and O–H groups in total. The number of thioether (sulfide) groups is 1. The fraction of sp³-hybridized carbons (Fsp3) is 0.333. The Morgan fingerprint density at radius 1 is 0.938 bits per heavy atom. The van der Waals surface area contributed by atoms with Gasteiger partial charge in [0.2, 0.25) is 15.9 Å². The largest absolute Gasteiger partial charge is 0.416 e. The summed E-state index contributed by atoms with van der Waals surface area (Å²) in [7, 11) is -3.81. The number of piperidine rings is 1. The molecule has 0 aromatic heterocycles. The standard InChI is InChI=1S/C21H19F3N2O4S2/c22-21(23,24)16-3-1-2-15(12-16)14-4-6-18(7-5-14)32(29,30)25-10-8-17(9-11-25)26-19(27)13-31-20(26)28/h1-7,12,17H,8-11,13H2. The van der Waals surface area contributed by atoms with Gasteiger partial charge >= 0.3 is 6.18 Å². The van der Waals surface area contributed by atoms with Gasteiger partial charge in [0.15, 0.2) is 0 Å². The second kappa shape index (κ2) is 8.53. The number of hydrogen-bond acceptors (Lipinski definition) is 5. The van der Waals surface area contributed by atoms with E-state index in [1.165, 1.54) is 45.6 Å². The Labute approximate surface area is 187 Å². The van der Waals surface area contributed by atoms with E-state index in [2.05, 4.69) is 0 Å². The lowest BCUT2D eigenvalue weighted by Crippen LogP contribution is -2.48. The molecular weight excluding hydrogens is 465 g/mol. The van der Waals surface area contributed by atoms with Crippen molar-refractivity contribution in [3.63, 3.8) is 0 Å². The molecule has 6 nitrogen and oxygen atoms in total. The van der Waals surface area contributed by atoms with E-state index in [0.29, 0.717) is 24.0 Å². The minimum absolute atomic E-state index is 0.0376. The number of imide groups is 1. The maximum Gasteiger partial charge on any atom is 0.416 e. The Morgan fingerprint density at radius 2 is 1.59 bits per heavy atom. The summed E-state index contributed by atoms with van der Waals surface area (Å²) in [5, 5.41) is -0.290. The molecule has 32 heavy (non-hydrogen) atoms. The van der Waals surface area contributed by atoms with Gasteiger partial charge in [-0.05, 0) is 48.2 Å². The van der Waals surface area contributed by atoms with E-state index in [0.717, 1.165) is 23.9 Å². The third-order valence-corrected chi connectivity index (χ3v) is 8.34. The van der Waals surface area contributed by atoms with Crippen LogP contribution in [0.5, 0.6) is 0 Å². The number of carbonyl (C=O) groups is 2. The van der Waals surface area contributed by atoms with Crippen molar-refractivity contribution in [1.82, 2.24) is 9.21 Å². The highest BCUT2D eigenvalue weighted by molar-refractivity contribution is 8.14. The second-order valence-corrected chi connectivity index (χ2v) is 10.4. The van der Waals surface area contributed by atoms with Crippen LogP contribution in [-0.4, -0.2) is 53.7 Å². The predicted molar refractivity (Wildman–Crippen MR) is 113 cm³/mol. The van der Waals surface area contributed by atoms with E-state index in [9.17, 15) is 31.2 Å². The van der Waals surface area contributed by atoms with Gasteiger partial charge in [0.1, 0.15) is 0 Å². The number of rotatable bonds is 4. The normalized spacial score (nSPS) is 19.0. The fourth-order valence-electron chi connectivity index (χ4n) is 3.90. The third kappa shape index (κ3) is 4.41. The molecule has 2 fully saturated rings. The number of benzene rings is 2. The molecule has 2 saturated heterocycles. The topological polar surface area (TPSA) is 74.8 Å². The van der Waals surface area contributed by atoms with Crippen molar-refractivity contribution < 1.29 is 31.2 Å². The molecule has 11 heteroatoms. The summed E-state index contributed by atoms with van der Waals surface area (Å²) in [5.41, 5.74) is 0.0302. The van der Waals surface area contributed by atoms with Crippen molar-refractivity contribution in [2.24, 2.45) is 0 Å². The number of amides is 2. The molecule has 2 aliphatic heterocycles. The summed E-state index contributed by atoms with van der Waals surface area (Å²) in [5.74, 6) is -0.123. The highest BCUT2D eigenvalue weighted by Crippen LogP contribution is 2.33. The van der Waals surface area contributed by atoms with E-state index < -0.39 is 21.8 Å². The summed E-state index contributed by atoms with van der Waals surface area (Å²) >= 11 is 0.955. The van der Waals surface area contributed by atoms with Crippen LogP contribution < -0.4 is 0 Å². The van der Waals surface area contributed by atoms with Gasteiger partial charge in [-0.25, -0.2) is 8.42 Å². The number of carbonyl (C=O) groups excluding carboxylic acids is 2. The summed E-state index contributed by atoms with van der Waals surface area (Å²) in [6.45, 7) is 0.341. The fourth-order valence-corrected chi connectivity index (χ4v) is 6.15. The van der Waals surface area contributed by atoms with E-state index in [1.807, 2.05) is 0 Å². The first kappa shape index (κ1) is 22.8. The first-order chi connectivity index (χ1) is 15.1. The van der Waals surface area contributed by atoms with E-state index in [-0.39, 0.29) is 40.9 Å². The smallest absolute Gasteiger partial charge is 0.273 e. The lowest BCUT2D eigenvalue weighted by atomic mass is 10.0. The Hall–Kier alpha value is -2.37. The van der Waals surface area contributed by atoms with Gasteiger partial charge in [0.25, 0.3) is 5.24 Å². The molecule has 0 atom stereocenters. The lowest BCUT2D eigenvalue weighted by Gasteiger charge is -2.34. The van der Waals surface area contributed by atoms with Gasteiger partial charge in [-0.15, -0.1) is 0 Å². The Kier molecular flexibility index (Phi) is 6.08. The SMILES string of the molecule is O=C1CSC(=O)N1C1CCN(S(=O)(=O)c2ccc(-c3cccc(C(F)(F)F)c3)cc2)CC1. The number of halogens is 3. The van der Waals surface area contributed by atoms with Crippen molar-refractivity contribution in [3.8, 4) is 11.1 Å². The maximum atomic E-state index is 13.0. The Balaban J connectivity index is 1.47. The first-order valence-electron chi connectivity index (χ1n) is 9.84. The van der Waals surface area contributed by atoms with Crippen LogP contribution >= 0.6 is 11.8 Å². The second-order valence-electron chi connectivity index (χ2n) is 7.56. The molecule has 0 unspecified atom stereocenters. The van der Waals surface area contributed by atoms with Crippen molar-refractivity contribution >= 4 is 32.9 Å². The van der Waals surface area contributed by atoms with Gasteiger partial charge in [-0.3, -0.25) is 14.5 Å². The molecule has 2 aromatic carbocycles. The van der Waals surface area contributed by atoms with Crippen molar-refractivity contribution in [2.75, 3.05) is 18.8 Å². The molecule has 0 saturated carbocycles. The van der Waals surface area contributed by atoms with Gasteiger partial charge in [0, 0.05) is 19.1 Å². The van der Waals surface area contributed by atoms with Gasteiger partial charge < -0.3 is 0 Å². The maximum absolute atomic E-state index is 13.0. The molecule has 4 rings (SSSR count). The average Bonchev–Trinajstić information content (AvgIpc) is 3.11. The summed E-state index contributed by atoms with van der Waals surface area (Å²) in [6.07, 6.45) is -3.74. The van der Waals surface area contributed by atoms with Crippen molar-refractivity contribution in [1.29, 1.82) is 0 Å². The summed E-state index contributed by atoms with van der Waals surface area (Å²) in [4.78, 5) is 25.1. The monoisotopic (exact) mass is 484 g/mol. The lowest BCUT2D eigenvalue weighted by molar-refractivity contribution is -0.137. The molecule has 0 bridgehead atoms. The molecule has 0 spiro atoms. The molecule has 2 amide bonds. The van der Waals surface area contributed by atoms with Crippen LogP contribution in [0.15, 0.2) is 53.4 Å². The zero-order valence-corrected chi connectivity index (χ0v) is 18.3. The van der Waals surface area contributed by atoms with Gasteiger partial charge in [-0.1, -0.05) is 36.0 Å².